The normalized spacial score (nSPS) is 13.1. The van der Waals surface area contributed by atoms with Crippen molar-refractivity contribution in [3.05, 3.63) is 40.6 Å². The van der Waals surface area contributed by atoms with Crippen LogP contribution in [0.4, 0.5) is 11.4 Å². The van der Waals surface area contributed by atoms with Gasteiger partial charge < -0.3 is 10.4 Å². The Kier molecular flexibility index (Phi) is 4.09. The Morgan fingerprint density at radius 3 is 2.67 bits per heavy atom. The number of benzene rings is 1. The van der Waals surface area contributed by atoms with Crippen molar-refractivity contribution >= 4 is 22.3 Å². The first-order valence-electron chi connectivity index (χ1n) is 6.85. The average molecular weight is 289 g/mol. The first-order chi connectivity index (χ1) is 9.84. The van der Waals surface area contributed by atoms with E-state index < -0.39 is 10.5 Å². The molecule has 0 fully saturated rings. The molecule has 2 aromatic rings. The van der Waals surface area contributed by atoms with Gasteiger partial charge in [-0.2, -0.15) is 0 Å². The van der Waals surface area contributed by atoms with Crippen LogP contribution in [0.25, 0.3) is 10.9 Å². The number of anilines is 1. The summed E-state index contributed by atoms with van der Waals surface area (Å²) in [5.41, 5.74) is -0.000310. The van der Waals surface area contributed by atoms with Crippen LogP contribution in [0.2, 0.25) is 0 Å². The number of hydrogen-bond donors (Lipinski definition) is 2. The molecule has 2 N–H and O–H groups in total. The summed E-state index contributed by atoms with van der Waals surface area (Å²) in [5, 5.41) is 25.2. The second-order valence-electron chi connectivity index (χ2n) is 5.55. The van der Waals surface area contributed by atoms with Gasteiger partial charge in [0.05, 0.1) is 22.1 Å². The van der Waals surface area contributed by atoms with Crippen molar-refractivity contribution in [2.45, 2.75) is 38.8 Å². The molecule has 0 saturated carbocycles. The number of aliphatic hydroxyl groups is 1. The van der Waals surface area contributed by atoms with E-state index in [1.165, 1.54) is 6.20 Å². The van der Waals surface area contributed by atoms with Crippen molar-refractivity contribution in [2.75, 3.05) is 5.32 Å². The molecule has 6 heteroatoms. The lowest BCUT2D eigenvalue weighted by molar-refractivity contribution is -0.384. The van der Waals surface area contributed by atoms with Crippen LogP contribution in [0.1, 0.15) is 27.2 Å². The highest BCUT2D eigenvalue weighted by Crippen LogP contribution is 2.33. The number of rotatable bonds is 5. The maximum Gasteiger partial charge on any atom is 0.311 e. The summed E-state index contributed by atoms with van der Waals surface area (Å²) >= 11 is 0. The predicted molar refractivity (Wildman–Crippen MR) is 82.4 cm³/mol. The van der Waals surface area contributed by atoms with E-state index in [0.717, 1.165) is 0 Å². The lowest BCUT2D eigenvalue weighted by Crippen LogP contribution is -2.41. The van der Waals surface area contributed by atoms with Gasteiger partial charge in [-0.05, 0) is 26.3 Å². The number of nitro groups is 1. The van der Waals surface area contributed by atoms with Gasteiger partial charge in [-0.25, -0.2) is 4.98 Å². The predicted octanol–water partition coefficient (Wildman–Crippen LogP) is 3.10. The molecule has 0 bridgehead atoms. The van der Waals surface area contributed by atoms with E-state index in [1.54, 1.807) is 26.0 Å². The summed E-state index contributed by atoms with van der Waals surface area (Å²) in [4.78, 5) is 14.9. The fourth-order valence-electron chi connectivity index (χ4n) is 2.37. The lowest BCUT2D eigenvalue weighted by atomic mass is 9.96. The summed E-state index contributed by atoms with van der Waals surface area (Å²) in [6, 6.07) is 6.92. The molecule has 0 aliphatic rings. The van der Waals surface area contributed by atoms with E-state index in [-0.39, 0.29) is 11.7 Å². The average Bonchev–Trinajstić information content (AvgIpc) is 2.42. The van der Waals surface area contributed by atoms with Gasteiger partial charge in [-0.1, -0.05) is 25.1 Å². The van der Waals surface area contributed by atoms with E-state index >= 15 is 0 Å². The summed E-state index contributed by atoms with van der Waals surface area (Å²) in [6.07, 6.45) is 1.89. The molecule has 0 aliphatic heterocycles. The minimum Gasteiger partial charge on any atom is -0.388 e. The maximum atomic E-state index is 11.2. The van der Waals surface area contributed by atoms with Crippen molar-refractivity contribution in [3.63, 3.8) is 0 Å². The minimum absolute atomic E-state index is 0.0867. The molecule has 1 aromatic heterocycles. The van der Waals surface area contributed by atoms with Crippen LogP contribution in [0.5, 0.6) is 0 Å². The van der Waals surface area contributed by atoms with E-state index in [0.29, 0.717) is 23.0 Å². The van der Waals surface area contributed by atoms with Gasteiger partial charge in [0.15, 0.2) is 0 Å². The molecule has 0 radical (unpaired) electrons. The SMILES string of the molecule is CC[C@@H](Nc1c([N+](=O)[O-])cnc2ccccc12)C(C)(C)O. The topological polar surface area (TPSA) is 88.3 Å². The summed E-state index contributed by atoms with van der Waals surface area (Å²) < 4.78 is 0. The fraction of sp³-hybridized carbons (Fsp3) is 0.400. The molecule has 0 unspecified atom stereocenters. The van der Waals surface area contributed by atoms with Gasteiger partial charge in [-0.15, -0.1) is 0 Å². The van der Waals surface area contributed by atoms with Crippen molar-refractivity contribution < 1.29 is 10.0 Å². The number of para-hydroxylation sites is 1. The Morgan fingerprint density at radius 2 is 2.10 bits per heavy atom. The molecule has 1 aromatic carbocycles. The Balaban J connectivity index is 2.59. The number of nitrogens with one attached hydrogen (secondary N) is 1. The zero-order valence-corrected chi connectivity index (χ0v) is 12.3. The van der Waals surface area contributed by atoms with Gasteiger partial charge >= 0.3 is 5.69 Å². The molecule has 0 amide bonds. The van der Waals surface area contributed by atoms with E-state index in [4.69, 9.17) is 0 Å². The lowest BCUT2D eigenvalue weighted by Gasteiger charge is -2.30. The molecule has 2 rings (SSSR count). The summed E-state index contributed by atoms with van der Waals surface area (Å²) in [5.74, 6) is 0. The smallest absolute Gasteiger partial charge is 0.311 e. The molecular weight excluding hydrogens is 270 g/mol. The highest BCUT2D eigenvalue weighted by molar-refractivity contribution is 5.95. The molecule has 0 spiro atoms. The fourth-order valence-corrected chi connectivity index (χ4v) is 2.37. The highest BCUT2D eigenvalue weighted by Gasteiger charge is 2.28. The highest BCUT2D eigenvalue weighted by atomic mass is 16.6. The summed E-state index contributed by atoms with van der Waals surface area (Å²) in [7, 11) is 0. The molecule has 112 valence electrons. The van der Waals surface area contributed by atoms with Gasteiger partial charge in [0.25, 0.3) is 0 Å². The van der Waals surface area contributed by atoms with Crippen LogP contribution in [0, 0.1) is 10.1 Å². The first-order valence-corrected chi connectivity index (χ1v) is 6.85. The van der Waals surface area contributed by atoms with Gasteiger partial charge in [0.2, 0.25) is 0 Å². The van der Waals surface area contributed by atoms with Gasteiger partial charge in [-0.3, -0.25) is 10.1 Å². The quantitative estimate of drug-likeness (QED) is 0.652. The Labute approximate surface area is 123 Å². The zero-order valence-electron chi connectivity index (χ0n) is 12.3. The van der Waals surface area contributed by atoms with Crippen molar-refractivity contribution in [2.24, 2.45) is 0 Å². The van der Waals surface area contributed by atoms with Crippen molar-refractivity contribution in [1.82, 2.24) is 4.98 Å². The number of fused-ring (bicyclic) bond motifs is 1. The Morgan fingerprint density at radius 1 is 1.43 bits per heavy atom. The van der Waals surface area contributed by atoms with Gasteiger partial charge in [0, 0.05) is 5.39 Å². The molecule has 1 heterocycles. The summed E-state index contributed by atoms with van der Waals surface area (Å²) in [6.45, 7) is 5.29. The molecule has 1 atom stereocenters. The molecule has 0 aliphatic carbocycles. The van der Waals surface area contributed by atoms with Crippen LogP contribution in [-0.2, 0) is 0 Å². The van der Waals surface area contributed by atoms with Crippen molar-refractivity contribution in [1.29, 1.82) is 0 Å². The second kappa shape index (κ2) is 5.65. The van der Waals surface area contributed by atoms with E-state index in [9.17, 15) is 15.2 Å². The zero-order chi connectivity index (χ0) is 15.6. The van der Waals surface area contributed by atoms with E-state index in [1.807, 2.05) is 19.1 Å². The van der Waals surface area contributed by atoms with Crippen molar-refractivity contribution in [3.8, 4) is 0 Å². The maximum absolute atomic E-state index is 11.2. The monoisotopic (exact) mass is 289 g/mol. The third-order valence-electron chi connectivity index (χ3n) is 3.53. The number of hydrogen-bond acceptors (Lipinski definition) is 5. The minimum atomic E-state index is -0.993. The van der Waals surface area contributed by atoms with E-state index in [2.05, 4.69) is 10.3 Å². The second-order valence-corrected chi connectivity index (χ2v) is 5.55. The first kappa shape index (κ1) is 15.2. The molecule has 21 heavy (non-hydrogen) atoms. The largest absolute Gasteiger partial charge is 0.388 e. The van der Waals surface area contributed by atoms with Crippen LogP contribution in [0.3, 0.4) is 0 Å². The Hall–Kier alpha value is -2.21. The number of pyridine rings is 1. The Bertz CT molecular complexity index is 665. The van der Waals surface area contributed by atoms with Crippen LogP contribution in [-0.4, -0.2) is 26.7 Å². The molecule has 0 saturated heterocycles. The van der Waals surface area contributed by atoms with Crippen LogP contribution in [0.15, 0.2) is 30.5 Å². The third kappa shape index (κ3) is 3.11. The standard InChI is InChI=1S/C15H19N3O3/c1-4-13(15(2,3)19)17-14-10-7-5-6-8-11(10)16-9-12(14)18(20)21/h5-9,13,19H,4H2,1-3H3,(H,16,17)/t13-/m1/s1. The molecular formula is C15H19N3O3. The molecule has 6 nitrogen and oxygen atoms in total. The van der Waals surface area contributed by atoms with Crippen LogP contribution < -0.4 is 5.32 Å². The van der Waals surface area contributed by atoms with Gasteiger partial charge in [0.1, 0.15) is 11.9 Å². The number of aromatic nitrogens is 1. The number of nitrogens with zero attached hydrogens (tertiary/aromatic N) is 2. The third-order valence-corrected chi connectivity index (χ3v) is 3.53. The van der Waals surface area contributed by atoms with Crippen LogP contribution >= 0.6 is 0 Å².